The van der Waals surface area contributed by atoms with Gasteiger partial charge in [-0.1, -0.05) is 23.7 Å². The summed E-state index contributed by atoms with van der Waals surface area (Å²) in [6.07, 6.45) is 0. The quantitative estimate of drug-likeness (QED) is 0.805. The van der Waals surface area contributed by atoms with Crippen molar-refractivity contribution >= 4 is 22.4 Å². The molecule has 0 spiro atoms. The molecule has 0 N–H and O–H groups in total. The highest BCUT2D eigenvalue weighted by Gasteiger charge is 2.07. The van der Waals surface area contributed by atoms with Crippen molar-refractivity contribution < 1.29 is 9.47 Å². The van der Waals surface area contributed by atoms with Gasteiger partial charge in [0.05, 0.1) is 13.7 Å². The van der Waals surface area contributed by atoms with Gasteiger partial charge in [0.1, 0.15) is 11.5 Å². The molecule has 2 aromatic rings. The molecule has 0 atom stereocenters. The fraction of sp³-hybridized carbons (Fsp3) is 0.231. The molecule has 0 aromatic heterocycles. The zero-order valence-electron chi connectivity index (χ0n) is 9.29. The number of methoxy groups -OCH3 is 1. The fourth-order valence-electron chi connectivity index (χ4n) is 1.71. The van der Waals surface area contributed by atoms with Crippen LogP contribution in [0.1, 0.15) is 6.92 Å². The lowest BCUT2D eigenvalue weighted by Crippen LogP contribution is -1.93. The van der Waals surface area contributed by atoms with E-state index in [0.29, 0.717) is 11.6 Å². The van der Waals surface area contributed by atoms with E-state index in [1.807, 2.05) is 37.3 Å². The SMILES string of the molecule is CCOc1cc(OC)c2cccc(Cl)c2c1. The summed E-state index contributed by atoms with van der Waals surface area (Å²) < 4.78 is 10.8. The van der Waals surface area contributed by atoms with Crippen LogP contribution in [0.15, 0.2) is 30.3 Å². The first-order valence-electron chi connectivity index (χ1n) is 5.15. The predicted molar refractivity (Wildman–Crippen MR) is 66.7 cm³/mol. The predicted octanol–water partition coefficient (Wildman–Crippen LogP) is 3.90. The Morgan fingerprint density at radius 1 is 1.19 bits per heavy atom. The summed E-state index contributed by atoms with van der Waals surface area (Å²) in [7, 11) is 1.64. The highest BCUT2D eigenvalue weighted by atomic mass is 35.5. The van der Waals surface area contributed by atoms with Gasteiger partial charge in [0.25, 0.3) is 0 Å². The monoisotopic (exact) mass is 236 g/mol. The molecule has 0 bridgehead atoms. The standard InChI is InChI=1S/C13H13ClO2/c1-3-16-9-7-11-10(13(8-9)15-2)5-4-6-12(11)14/h4-8H,3H2,1-2H3. The largest absolute Gasteiger partial charge is 0.496 e. The van der Waals surface area contributed by atoms with Gasteiger partial charge in [-0.2, -0.15) is 0 Å². The minimum atomic E-state index is 0.624. The average molecular weight is 237 g/mol. The van der Waals surface area contributed by atoms with Crippen LogP contribution in [0.4, 0.5) is 0 Å². The lowest BCUT2D eigenvalue weighted by Gasteiger charge is -2.10. The van der Waals surface area contributed by atoms with Crippen molar-refractivity contribution in [1.29, 1.82) is 0 Å². The van der Waals surface area contributed by atoms with Crippen molar-refractivity contribution in [2.75, 3.05) is 13.7 Å². The molecule has 0 unspecified atom stereocenters. The van der Waals surface area contributed by atoms with E-state index in [2.05, 4.69) is 0 Å². The number of halogens is 1. The summed E-state index contributed by atoms with van der Waals surface area (Å²) in [4.78, 5) is 0. The molecular weight excluding hydrogens is 224 g/mol. The third kappa shape index (κ3) is 1.93. The van der Waals surface area contributed by atoms with Gasteiger partial charge in [-0.05, 0) is 19.1 Å². The molecule has 0 saturated heterocycles. The average Bonchev–Trinajstić information content (AvgIpc) is 2.30. The van der Waals surface area contributed by atoms with E-state index < -0.39 is 0 Å². The number of hydrogen-bond donors (Lipinski definition) is 0. The van der Waals surface area contributed by atoms with Gasteiger partial charge in [0.2, 0.25) is 0 Å². The lowest BCUT2D eigenvalue weighted by atomic mass is 10.1. The molecule has 0 amide bonds. The third-order valence-electron chi connectivity index (χ3n) is 2.41. The minimum absolute atomic E-state index is 0.624. The van der Waals surface area contributed by atoms with Crippen LogP contribution in [0, 0.1) is 0 Å². The van der Waals surface area contributed by atoms with Gasteiger partial charge in [0.15, 0.2) is 0 Å². The summed E-state index contributed by atoms with van der Waals surface area (Å²) in [6, 6.07) is 9.56. The number of hydrogen-bond acceptors (Lipinski definition) is 2. The summed E-state index contributed by atoms with van der Waals surface area (Å²) in [6.45, 7) is 2.57. The Morgan fingerprint density at radius 3 is 2.69 bits per heavy atom. The molecular formula is C13H13ClO2. The number of fused-ring (bicyclic) bond motifs is 1. The summed E-state index contributed by atoms with van der Waals surface area (Å²) in [5, 5.41) is 2.66. The van der Waals surface area contributed by atoms with Crippen molar-refractivity contribution in [2.24, 2.45) is 0 Å². The van der Waals surface area contributed by atoms with Crippen molar-refractivity contribution in [3.8, 4) is 11.5 Å². The molecule has 0 aliphatic carbocycles. The molecule has 2 nitrogen and oxygen atoms in total. The molecule has 0 heterocycles. The number of benzene rings is 2. The maximum absolute atomic E-state index is 6.15. The molecule has 0 aliphatic heterocycles. The minimum Gasteiger partial charge on any atom is -0.496 e. The molecule has 0 fully saturated rings. The topological polar surface area (TPSA) is 18.5 Å². The van der Waals surface area contributed by atoms with Gasteiger partial charge >= 0.3 is 0 Å². The van der Waals surface area contributed by atoms with Crippen LogP contribution in [-0.2, 0) is 0 Å². The summed E-state index contributed by atoms with van der Waals surface area (Å²) in [5.74, 6) is 1.56. The molecule has 2 aromatic carbocycles. The molecule has 0 saturated carbocycles. The van der Waals surface area contributed by atoms with Crippen molar-refractivity contribution in [3.05, 3.63) is 35.4 Å². The van der Waals surface area contributed by atoms with E-state index >= 15 is 0 Å². The molecule has 0 radical (unpaired) electrons. The zero-order chi connectivity index (χ0) is 11.5. The van der Waals surface area contributed by atoms with Crippen LogP contribution in [0.5, 0.6) is 11.5 Å². The Kier molecular flexibility index (Phi) is 3.20. The summed E-state index contributed by atoms with van der Waals surface area (Å²) >= 11 is 6.15. The van der Waals surface area contributed by atoms with Gasteiger partial charge in [0, 0.05) is 21.9 Å². The van der Waals surface area contributed by atoms with Gasteiger partial charge in [-0.3, -0.25) is 0 Å². The highest BCUT2D eigenvalue weighted by Crippen LogP contribution is 2.34. The highest BCUT2D eigenvalue weighted by molar-refractivity contribution is 6.35. The second-order valence-corrected chi connectivity index (χ2v) is 3.80. The third-order valence-corrected chi connectivity index (χ3v) is 2.74. The van der Waals surface area contributed by atoms with Crippen LogP contribution in [0.2, 0.25) is 5.02 Å². The van der Waals surface area contributed by atoms with E-state index in [1.54, 1.807) is 7.11 Å². The van der Waals surface area contributed by atoms with Gasteiger partial charge in [-0.25, -0.2) is 0 Å². The first-order chi connectivity index (χ1) is 7.76. The maximum Gasteiger partial charge on any atom is 0.130 e. The molecule has 16 heavy (non-hydrogen) atoms. The number of ether oxygens (including phenoxy) is 2. The first-order valence-corrected chi connectivity index (χ1v) is 5.53. The fourth-order valence-corrected chi connectivity index (χ4v) is 1.94. The van der Waals surface area contributed by atoms with Crippen LogP contribution < -0.4 is 9.47 Å². The van der Waals surface area contributed by atoms with Crippen LogP contribution >= 0.6 is 11.6 Å². The molecule has 84 valence electrons. The van der Waals surface area contributed by atoms with E-state index in [1.165, 1.54) is 0 Å². The smallest absolute Gasteiger partial charge is 0.130 e. The Bertz CT molecular complexity index is 509. The van der Waals surface area contributed by atoms with Crippen LogP contribution in [0.25, 0.3) is 10.8 Å². The second kappa shape index (κ2) is 4.62. The zero-order valence-corrected chi connectivity index (χ0v) is 10.0. The van der Waals surface area contributed by atoms with E-state index in [-0.39, 0.29) is 0 Å². The molecule has 3 heteroatoms. The number of rotatable bonds is 3. The van der Waals surface area contributed by atoms with Gasteiger partial charge < -0.3 is 9.47 Å². The molecule has 0 aliphatic rings. The van der Waals surface area contributed by atoms with Crippen molar-refractivity contribution in [1.82, 2.24) is 0 Å². The van der Waals surface area contributed by atoms with E-state index in [4.69, 9.17) is 21.1 Å². The van der Waals surface area contributed by atoms with E-state index in [0.717, 1.165) is 22.3 Å². The molecule has 2 rings (SSSR count). The Balaban J connectivity index is 2.69. The Morgan fingerprint density at radius 2 is 2.00 bits per heavy atom. The normalized spacial score (nSPS) is 10.4. The maximum atomic E-state index is 6.15. The Hall–Kier alpha value is -1.41. The lowest BCUT2D eigenvalue weighted by molar-refractivity contribution is 0.337. The van der Waals surface area contributed by atoms with Crippen molar-refractivity contribution in [2.45, 2.75) is 6.92 Å². The van der Waals surface area contributed by atoms with Gasteiger partial charge in [-0.15, -0.1) is 0 Å². The second-order valence-electron chi connectivity index (χ2n) is 3.39. The first kappa shape index (κ1) is 11.1. The Labute approximate surface area is 99.7 Å². The summed E-state index contributed by atoms with van der Waals surface area (Å²) in [5.41, 5.74) is 0. The van der Waals surface area contributed by atoms with Crippen LogP contribution in [-0.4, -0.2) is 13.7 Å². The van der Waals surface area contributed by atoms with Crippen molar-refractivity contribution in [3.63, 3.8) is 0 Å². The van der Waals surface area contributed by atoms with E-state index in [9.17, 15) is 0 Å². The van der Waals surface area contributed by atoms with Crippen LogP contribution in [0.3, 0.4) is 0 Å².